The van der Waals surface area contributed by atoms with Crippen molar-refractivity contribution in [2.45, 2.75) is 78.3 Å². The van der Waals surface area contributed by atoms with Crippen LogP contribution >= 0.6 is 7.60 Å². The molecule has 1 atom stereocenters. The molecule has 3 nitrogen and oxygen atoms in total. The quantitative estimate of drug-likeness (QED) is 0.397. The fourth-order valence-corrected chi connectivity index (χ4v) is 3.22. The third-order valence-corrected chi connectivity index (χ3v) is 5.64. The van der Waals surface area contributed by atoms with Crippen LogP contribution in [-0.4, -0.2) is 18.4 Å². The zero-order valence-corrected chi connectivity index (χ0v) is 13.7. The zero-order valence-electron chi connectivity index (χ0n) is 12.8. The summed E-state index contributed by atoms with van der Waals surface area (Å²) < 4.78 is 23.5. The van der Waals surface area contributed by atoms with E-state index in [-0.39, 0.29) is 0 Å². The third-order valence-electron chi connectivity index (χ3n) is 2.88. The molecule has 110 valence electrons. The van der Waals surface area contributed by atoms with Crippen LogP contribution in [0.4, 0.5) is 0 Å². The predicted molar refractivity (Wildman–Crippen MR) is 78.3 cm³/mol. The van der Waals surface area contributed by atoms with Gasteiger partial charge in [0, 0.05) is 0 Å². The normalized spacial score (nSPS) is 15.6. The smallest absolute Gasteiger partial charge is 0.309 e. The summed E-state index contributed by atoms with van der Waals surface area (Å²) in [4.78, 5) is 0. The van der Waals surface area contributed by atoms with Crippen molar-refractivity contribution < 1.29 is 13.6 Å². The van der Waals surface area contributed by atoms with Gasteiger partial charge in [-0.25, -0.2) is 0 Å². The Balaban J connectivity index is 3.89. The Labute approximate surface area is 113 Å². The van der Waals surface area contributed by atoms with Gasteiger partial charge in [-0.2, -0.15) is 0 Å². The number of hydrogen-bond donors (Lipinski definition) is 0. The average Bonchev–Trinajstić information content (AvgIpc) is 2.27. The van der Waals surface area contributed by atoms with Crippen molar-refractivity contribution in [3.8, 4) is 0 Å². The molecule has 4 heteroatoms. The van der Waals surface area contributed by atoms with E-state index in [1.807, 2.05) is 27.7 Å². The highest BCUT2D eigenvalue weighted by Gasteiger charge is 2.39. The molecule has 1 unspecified atom stereocenters. The summed E-state index contributed by atoms with van der Waals surface area (Å²) in [6.45, 7) is 10.8. The summed E-state index contributed by atoms with van der Waals surface area (Å²) in [5.74, 6) is 0. The molecule has 0 aliphatic heterocycles. The molecule has 0 radical (unpaired) electrons. The van der Waals surface area contributed by atoms with E-state index in [1.54, 1.807) is 0 Å². The van der Waals surface area contributed by atoms with Crippen molar-refractivity contribution in [3.63, 3.8) is 0 Å². The summed E-state index contributed by atoms with van der Waals surface area (Å²) in [5.41, 5.74) is 0. The van der Waals surface area contributed by atoms with Gasteiger partial charge in [0.05, 0.1) is 18.4 Å². The van der Waals surface area contributed by atoms with Crippen molar-refractivity contribution in [3.05, 3.63) is 0 Å². The molecule has 0 aromatic heterocycles. The summed E-state index contributed by atoms with van der Waals surface area (Å²) in [6.07, 6.45) is 7.22. The summed E-state index contributed by atoms with van der Waals surface area (Å²) in [7, 11) is -2.96. The lowest BCUT2D eigenvalue weighted by Crippen LogP contribution is -2.19. The Morgan fingerprint density at radius 1 is 0.889 bits per heavy atom. The Morgan fingerprint density at radius 3 is 1.94 bits per heavy atom. The fourth-order valence-electron chi connectivity index (χ4n) is 1.66. The van der Waals surface area contributed by atoms with Crippen molar-refractivity contribution >= 4 is 7.60 Å². The summed E-state index contributed by atoms with van der Waals surface area (Å²) in [5, 5.41) is -0.439. The molecule has 0 N–H and O–H groups in total. The second-order valence-electron chi connectivity index (χ2n) is 5.69. The van der Waals surface area contributed by atoms with Gasteiger partial charge in [0.2, 0.25) is 0 Å². The molecular weight excluding hydrogens is 247 g/mol. The van der Waals surface area contributed by atoms with Gasteiger partial charge in [-0.15, -0.1) is 0 Å². The first-order valence-corrected chi connectivity index (χ1v) is 8.81. The second kappa shape index (κ2) is 9.12. The Hall–Kier alpha value is 0.150. The van der Waals surface area contributed by atoms with E-state index in [0.717, 1.165) is 12.8 Å². The van der Waals surface area contributed by atoms with E-state index < -0.39 is 12.8 Å². The SMILES string of the molecule is CCCCCCCCOP(=O)(OCC)C(C)(C)C. The van der Waals surface area contributed by atoms with Gasteiger partial charge in [0.1, 0.15) is 0 Å². The average molecular weight is 278 g/mol. The molecule has 0 heterocycles. The lowest BCUT2D eigenvalue weighted by atomic mass is 10.1. The van der Waals surface area contributed by atoms with Gasteiger partial charge in [0.25, 0.3) is 0 Å². The molecule has 0 saturated heterocycles. The van der Waals surface area contributed by atoms with Gasteiger partial charge < -0.3 is 9.05 Å². The molecule has 0 aromatic rings. The van der Waals surface area contributed by atoms with Crippen molar-refractivity contribution in [2.24, 2.45) is 0 Å². The number of rotatable bonds is 10. The van der Waals surface area contributed by atoms with Crippen LogP contribution in [0.1, 0.15) is 73.1 Å². The minimum atomic E-state index is -2.96. The van der Waals surface area contributed by atoms with E-state index in [4.69, 9.17) is 9.05 Å². The van der Waals surface area contributed by atoms with E-state index in [0.29, 0.717) is 13.2 Å². The summed E-state index contributed by atoms with van der Waals surface area (Å²) >= 11 is 0. The van der Waals surface area contributed by atoms with Crippen LogP contribution in [0.5, 0.6) is 0 Å². The highest BCUT2D eigenvalue weighted by molar-refractivity contribution is 7.55. The second-order valence-corrected chi connectivity index (χ2v) is 8.54. The van der Waals surface area contributed by atoms with E-state index >= 15 is 0 Å². The van der Waals surface area contributed by atoms with Crippen LogP contribution in [0.3, 0.4) is 0 Å². The fraction of sp³-hybridized carbons (Fsp3) is 1.00. The minimum absolute atomic E-state index is 0.436. The highest BCUT2D eigenvalue weighted by Crippen LogP contribution is 2.59. The maximum atomic E-state index is 12.5. The molecule has 0 bridgehead atoms. The minimum Gasteiger partial charge on any atom is -0.309 e. The van der Waals surface area contributed by atoms with Crippen molar-refractivity contribution in [1.82, 2.24) is 0 Å². The van der Waals surface area contributed by atoms with Gasteiger partial charge in [-0.1, -0.05) is 39.0 Å². The lowest BCUT2D eigenvalue weighted by molar-refractivity contribution is 0.192. The largest absolute Gasteiger partial charge is 0.335 e. The van der Waals surface area contributed by atoms with Crippen LogP contribution in [0.2, 0.25) is 0 Å². The molecule has 0 spiro atoms. The Kier molecular flexibility index (Phi) is 9.19. The van der Waals surface area contributed by atoms with Gasteiger partial charge in [-0.3, -0.25) is 4.57 Å². The van der Waals surface area contributed by atoms with Gasteiger partial charge in [-0.05, 0) is 34.1 Å². The van der Waals surface area contributed by atoms with Crippen LogP contribution in [0.15, 0.2) is 0 Å². The maximum Gasteiger partial charge on any atom is 0.335 e. The van der Waals surface area contributed by atoms with Crippen LogP contribution < -0.4 is 0 Å². The molecule has 0 rings (SSSR count). The predicted octanol–water partition coefficient (Wildman–Crippen LogP) is 5.39. The van der Waals surface area contributed by atoms with Crippen LogP contribution in [-0.2, 0) is 13.6 Å². The van der Waals surface area contributed by atoms with Crippen molar-refractivity contribution in [2.75, 3.05) is 13.2 Å². The van der Waals surface area contributed by atoms with Crippen LogP contribution in [0.25, 0.3) is 0 Å². The molecule has 18 heavy (non-hydrogen) atoms. The molecular formula is C14H31O3P. The van der Waals surface area contributed by atoms with E-state index in [2.05, 4.69) is 6.92 Å². The van der Waals surface area contributed by atoms with Crippen LogP contribution in [0, 0.1) is 0 Å². The standard InChI is InChI=1S/C14H31O3P/c1-6-8-9-10-11-12-13-17-18(15,16-7-2)14(3,4)5/h6-13H2,1-5H3. The number of hydrogen-bond acceptors (Lipinski definition) is 3. The summed E-state index contributed by atoms with van der Waals surface area (Å²) in [6, 6.07) is 0. The van der Waals surface area contributed by atoms with Gasteiger partial charge >= 0.3 is 7.60 Å². The molecule has 0 aliphatic carbocycles. The van der Waals surface area contributed by atoms with E-state index in [1.165, 1.54) is 25.7 Å². The highest BCUT2D eigenvalue weighted by atomic mass is 31.2. The maximum absolute atomic E-state index is 12.5. The first kappa shape index (κ1) is 18.1. The molecule has 0 amide bonds. The number of unbranched alkanes of at least 4 members (excludes halogenated alkanes) is 5. The third kappa shape index (κ3) is 6.92. The lowest BCUT2D eigenvalue weighted by Gasteiger charge is -2.29. The van der Waals surface area contributed by atoms with Gasteiger partial charge in [0.15, 0.2) is 0 Å². The topological polar surface area (TPSA) is 35.5 Å². The Bertz CT molecular complexity index is 246. The first-order chi connectivity index (χ1) is 8.37. The monoisotopic (exact) mass is 278 g/mol. The molecule has 0 aliphatic rings. The van der Waals surface area contributed by atoms with E-state index in [9.17, 15) is 4.57 Å². The first-order valence-electron chi connectivity index (χ1n) is 7.26. The zero-order chi connectivity index (χ0) is 14.1. The molecule has 0 aromatic carbocycles. The molecule has 0 saturated carbocycles. The Morgan fingerprint density at radius 2 is 1.44 bits per heavy atom. The molecule has 0 fully saturated rings. The van der Waals surface area contributed by atoms with Crippen molar-refractivity contribution in [1.29, 1.82) is 0 Å².